The zero-order valence-corrected chi connectivity index (χ0v) is 20.2. The van der Waals surface area contributed by atoms with Gasteiger partial charge in [0.2, 0.25) is 0 Å². The Morgan fingerprint density at radius 2 is 1.78 bits per heavy atom. The van der Waals surface area contributed by atoms with Crippen LogP contribution >= 0.6 is 0 Å². The third kappa shape index (κ3) is 5.77. The number of carbonyl (C=O) groups excluding carboxylic acids is 1. The fourth-order valence-corrected chi connectivity index (χ4v) is 3.91. The van der Waals surface area contributed by atoms with Crippen molar-refractivity contribution in [2.45, 2.75) is 33.0 Å². The first kappa shape index (κ1) is 24.6. The maximum Gasteiger partial charge on any atom is 0.271 e. The summed E-state index contributed by atoms with van der Waals surface area (Å²) in [5, 5.41) is 24.8. The highest BCUT2D eigenvalue weighted by atomic mass is 16.5. The van der Waals surface area contributed by atoms with E-state index in [0.29, 0.717) is 19.1 Å². The molecule has 4 rings (SSSR count). The number of rotatable bonds is 8. The predicted octanol–water partition coefficient (Wildman–Crippen LogP) is 6.02. The molecule has 6 nitrogen and oxygen atoms in total. The number of ether oxygens (including phenoxy) is 1. The second-order valence-electron chi connectivity index (χ2n) is 8.79. The zero-order chi connectivity index (χ0) is 25.5. The summed E-state index contributed by atoms with van der Waals surface area (Å²) >= 11 is 0. The lowest BCUT2D eigenvalue weighted by molar-refractivity contribution is 0.0955. The van der Waals surface area contributed by atoms with Gasteiger partial charge in [0.1, 0.15) is 11.8 Å². The van der Waals surface area contributed by atoms with Gasteiger partial charge in [-0.2, -0.15) is 10.4 Å². The summed E-state index contributed by atoms with van der Waals surface area (Å²) in [4.78, 5) is 12.4. The molecule has 0 atom stereocenters. The number of phenols is 1. The lowest BCUT2D eigenvalue weighted by atomic mass is 10.0. The first-order chi connectivity index (χ1) is 17.5. The Balaban J connectivity index is 1.43. The number of nitrogens with one attached hydrogen (secondary N) is 1. The van der Waals surface area contributed by atoms with Gasteiger partial charge < -0.3 is 9.84 Å². The molecule has 4 aromatic carbocycles. The van der Waals surface area contributed by atoms with Crippen molar-refractivity contribution in [3.8, 4) is 11.8 Å². The maximum absolute atomic E-state index is 12.4. The Morgan fingerprint density at radius 1 is 1.03 bits per heavy atom. The summed E-state index contributed by atoms with van der Waals surface area (Å²) in [6.07, 6.45) is 1.59. The molecule has 0 aliphatic heterocycles. The van der Waals surface area contributed by atoms with Gasteiger partial charge in [-0.05, 0) is 51.6 Å². The van der Waals surface area contributed by atoms with E-state index in [9.17, 15) is 9.90 Å². The van der Waals surface area contributed by atoms with Crippen LogP contribution in [0, 0.1) is 11.3 Å². The van der Waals surface area contributed by atoms with Crippen LogP contribution in [0.1, 0.15) is 57.9 Å². The van der Waals surface area contributed by atoms with Gasteiger partial charge in [-0.15, -0.1) is 0 Å². The minimum atomic E-state index is -0.474. The first-order valence-corrected chi connectivity index (χ1v) is 11.7. The number of benzene rings is 4. The minimum absolute atomic E-state index is 0.0306. The summed E-state index contributed by atoms with van der Waals surface area (Å²) in [5.74, 6) is -0.137. The van der Waals surface area contributed by atoms with Crippen molar-refractivity contribution in [2.75, 3.05) is 0 Å². The normalized spacial score (nSPS) is 11.2. The predicted molar refractivity (Wildman–Crippen MR) is 141 cm³/mol. The molecule has 0 heterocycles. The summed E-state index contributed by atoms with van der Waals surface area (Å²) in [7, 11) is 0. The fraction of sp³-hybridized carbons (Fsp3) is 0.167. The van der Waals surface area contributed by atoms with E-state index in [2.05, 4.69) is 48.6 Å². The van der Waals surface area contributed by atoms with Crippen LogP contribution in [0.3, 0.4) is 0 Å². The van der Waals surface area contributed by atoms with Gasteiger partial charge >= 0.3 is 0 Å². The number of amides is 1. The van der Waals surface area contributed by atoms with Gasteiger partial charge in [-0.1, -0.05) is 74.5 Å². The average Bonchev–Trinajstić information content (AvgIpc) is 2.89. The Morgan fingerprint density at radius 3 is 2.53 bits per heavy atom. The molecule has 0 bridgehead atoms. The lowest BCUT2D eigenvalue weighted by Crippen LogP contribution is -2.17. The van der Waals surface area contributed by atoms with E-state index >= 15 is 0 Å². The summed E-state index contributed by atoms with van der Waals surface area (Å²) in [6.45, 7) is 5.37. The molecule has 2 N–H and O–H groups in total. The molecule has 0 radical (unpaired) electrons. The SMILES string of the molecule is CC(C)c1ccc(COCc2cccc3c(C=NNC(=O)c4ccc(O)c(C#N)c4)cccc23)cc1. The van der Waals surface area contributed by atoms with E-state index in [-0.39, 0.29) is 16.9 Å². The van der Waals surface area contributed by atoms with Crippen molar-refractivity contribution in [1.82, 2.24) is 5.43 Å². The summed E-state index contributed by atoms with van der Waals surface area (Å²) in [5.41, 5.74) is 7.11. The lowest BCUT2D eigenvalue weighted by Gasteiger charge is -2.10. The molecule has 0 spiro atoms. The Hall–Kier alpha value is -4.47. The van der Waals surface area contributed by atoms with E-state index in [1.54, 1.807) is 6.21 Å². The Bertz CT molecular complexity index is 1450. The van der Waals surface area contributed by atoms with Crippen molar-refractivity contribution in [1.29, 1.82) is 5.26 Å². The second-order valence-corrected chi connectivity index (χ2v) is 8.79. The Kier molecular flexibility index (Phi) is 7.74. The highest BCUT2D eigenvalue weighted by Gasteiger charge is 2.09. The molecule has 0 unspecified atom stereocenters. The van der Waals surface area contributed by atoms with Gasteiger partial charge in [0.15, 0.2) is 0 Å². The van der Waals surface area contributed by atoms with Crippen LogP contribution in [0.15, 0.2) is 84.0 Å². The first-order valence-electron chi connectivity index (χ1n) is 11.7. The van der Waals surface area contributed by atoms with E-state index in [1.165, 1.54) is 23.8 Å². The van der Waals surface area contributed by atoms with Gasteiger partial charge in [-0.25, -0.2) is 5.43 Å². The van der Waals surface area contributed by atoms with Crippen molar-refractivity contribution < 1.29 is 14.6 Å². The third-order valence-corrected chi connectivity index (χ3v) is 5.97. The number of phenolic OH excluding ortho intramolecular Hbond substituents is 1. The molecule has 0 aliphatic carbocycles. The fourth-order valence-electron chi connectivity index (χ4n) is 3.91. The van der Waals surface area contributed by atoms with Crippen molar-refractivity contribution in [2.24, 2.45) is 5.10 Å². The minimum Gasteiger partial charge on any atom is -0.507 e. The third-order valence-electron chi connectivity index (χ3n) is 5.97. The molecule has 180 valence electrons. The number of hydrogen-bond donors (Lipinski definition) is 2. The number of carbonyl (C=O) groups is 1. The number of fused-ring (bicyclic) bond motifs is 1. The number of hydrazone groups is 1. The quantitative estimate of drug-likeness (QED) is 0.240. The topological polar surface area (TPSA) is 94.7 Å². The average molecular weight is 478 g/mol. The van der Waals surface area contributed by atoms with Crippen molar-refractivity contribution >= 4 is 22.9 Å². The number of nitriles is 1. The van der Waals surface area contributed by atoms with Crippen LogP contribution in [-0.2, 0) is 18.0 Å². The molecule has 0 saturated heterocycles. The molecular formula is C30H27N3O3. The molecule has 0 aromatic heterocycles. The van der Waals surface area contributed by atoms with E-state index < -0.39 is 5.91 Å². The highest BCUT2D eigenvalue weighted by molar-refractivity contribution is 6.02. The molecular weight excluding hydrogens is 450 g/mol. The standard InChI is InChI=1S/C30H27N3O3/c1-20(2)22-11-9-21(10-12-22)18-36-19-25-6-4-7-27-24(5-3-8-28(25)27)17-32-33-30(35)23-13-14-29(34)26(15-23)16-31/h3-15,17,20,34H,18-19H2,1-2H3,(H,33,35). The zero-order valence-electron chi connectivity index (χ0n) is 20.2. The van der Waals surface area contributed by atoms with Gasteiger partial charge in [0, 0.05) is 11.1 Å². The Labute approximate surface area is 210 Å². The second kappa shape index (κ2) is 11.3. The van der Waals surface area contributed by atoms with Gasteiger partial charge in [-0.3, -0.25) is 4.79 Å². The van der Waals surface area contributed by atoms with Crippen LogP contribution in [0.2, 0.25) is 0 Å². The molecule has 6 heteroatoms. The molecule has 0 fully saturated rings. The van der Waals surface area contributed by atoms with Crippen molar-refractivity contribution in [3.63, 3.8) is 0 Å². The van der Waals surface area contributed by atoms with E-state index in [0.717, 1.165) is 27.5 Å². The van der Waals surface area contributed by atoms with Crippen molar-refractivity contribution in [3.05, 3.63) is 112 Å². The van der Waals surface area contributed by atoms with Crippen LogP contribution in [0.4, 0.5) is 0 Å². The van der Waals surface area contributed by atoms with E-state index in [1.807, 2.05) is 42.5 Å². The summed E-state index contributed by atoms with van der Waals surface area (Å²) < 4.78 is 6.01. The molecule has 1 amide bonds. The maximum atomic E-state index is 12.4. The van der Waals surface area contributed by atoms with Crippen LogP contribution in [0.5, 0.6) is 5.75 Å². The number of nitrogens with zero attached hydrogens (tertiary/aromatic N) is 2. The van der Waals surface area contributed by atoms with Gasteiger partial charge in [0.25, 0.3) is 5.91 Å². The highest BCUT2D eigenvalue weighted by Crippen LogP contribution is 2.23. The molecule has 36 heavy (non-hydrogen) atoms. The monoisotopic (exact) mass is 477 g/mol. The van der Waals surface area contributed by atoms with E-state index in [4.69, 9.17) is 10.00 Å². The molecule has 4 aromatic rings. The largest absolute Gasteiger partial charge is 0.507 e. The number of hydrogen-bond acceptors (Lipinski definition) is 5. The smallest absolute Gasteiger partial charge is 0.271 e. The van der Waals surface area contributed by atoms with Crippen LogP contribution in [0.25, 0.3) is 10.8 Å². The molecule has 0 saturated carbocycles. The summed E-state index contributed by atoms with van der Waals surface area (Å²) in [6, 6.07) is 26.4. The number of aromatic hydroxyl groups is 1. The van der Waals surface area contributed by atoms with Gasteiger partial charge in [0.05, 0.1) is 25.0 Å². The van der Waals surface area contributed by atoms with Crippen LogP contribution in [-0.4, -0.2) is 17.2 Å². The van der Waals surface area contributed by atoms with Crippen LogP contribution < -0.4 is 5.43 Å². The molecule has 0 aliphatic rings.